The lowest BCUT2D eigenvalue weighted by Crippen LogP contribution is -2.43. The molecule has 0 radical (unpaired) electrons. The summed E-state index contributed by atoms with van der Waals surface area (Å²) in [5, 5.41) is 15.9. The van der Waals surface area contributed by atoms with Crippen LogP contribution in [0.1, 0.15) is 71.6 Å². The van der Waals surface area contributed by atoms with Gasteiger partial charge in [-0.15, -0.1) is 0 Å². The number of carbonyl (C=O) groups is 2. The van der Waals surface area contributed by atoms with Gasteiger partial charge in [0.1, 0.15) is 17.5 Å². The Morgan fingerprint density at radius 1 is 1.28 bits per heavy atom. The third-order valence-corrected chi connectivity index (χ3v) is 7.01. The Balaban J connectivity index is 1.48. The van der Waals surface area contributed by atoms with Crippen LogP contribution in [0.15, 0.2) is 18.3 Å². The number of aromatic nitrogens is 2. The second-order valence-corrected chi connectivity index (χ2v) is 12.1. The van der Waals surface area contributed by atoms with Crippen molar-refractivity contribution in [1.29, 1.82) is 5.26 Å². The SMILES string of the molecule is CC1(C)Cc2c(C#N)cc(-c3cc(NC(=O)[C@H]4CCC[C@@H](NC(=O)OC(C)(C)C)C4)ncc3Cl)n2C1. The zero-order valence-electron chi connectivity index (χ0n) is 21.6. The average Bonchev–Trinajstić information content (AvgIpc) is 3.26. The van der Waals surface area contributed by atoms with Gasteiger partial charge in [0.25, 0.3) is 0 Å². The molecule has 0 aromatic carbocycles. The van der Waals surface area contributed by atoms with Crippen molar-refractivity contribution in [1.82, 2.24) is 14.9 Å². The van der Waals surface area contributed by atoms with Crippen LogP contribution in [-0.2, 0) is 22.5 Å². The number of amides is 2. The minimum Gasteiger partial charge on any atom is -0.444 e. The summed E-state index contributed by atoms with van der Waals surface area (Å²) in [7, 11) is 0. The molecule has 2 N–H and O–H groups in total. The first kappa shape index (κ1) is 26.0. The Labute approximate surface area is 217 Å². The molecule has 1 aliphatic carbocycles. The van der Waals surface area contributed by atoms with Gasteiger partial charge in [-0.1, -0.05) is 31.9 Å². The molecule has 2 aromatic heterocycles. The molecule has 0 spiro atoms. The molecule has 2 aromatic rings. The number of carbonyl (C=O) groups excluding carboxylic acids is 2. The maximum atomic E-state index is 13.1. The summed E-state index contributed by atoms with van der Waals surface area (Å²) < 4.78 is 7.51. The van der Waals surface area contributed by atoms with Crippen LogP contribution in [-0.4, -0.2) is 33.2 Å². The van der Waals surface area contributed by atoms with Gasteiger partial charge in [0.05, 0.1) is 16.3 Å². The van der Waals surface area contributed by atoms with Crippen molar-refractivity contribution in [2.45, 2.75) is 84.9 Å². The summed E-state index contributed by atoms with van der Waals surface area (Å²) in [5.41, 5.74) is 2.74. The maximum absolute atomic E-state index is 13.1. The number of nitriles is 1. The zero-order chi connectivity index (χ0) is 26.3. The Morgan fingerprint density at radius 3 is 2.72 bits per heavy atom. The van der Waals surface area contributed by atoms with Gasteiger partial charge in [-0.3, -0.25) is 4.79 Å². The van der Waals surface area contributed by atoms with E-state index in [1.54, 1.807) is 6.07 Å². The minimum atomic E-state index is -0.572. The predicted molar refractivity (Wildman–Crippen MR) is 139 cm³/mol. The van der Waals surface area contributed by atoms with E-state index in [4.69, 9.17) is 16.3 Å². The second-order valence-electron chi connectivity index (χ2n) is 11.7. The van der Waals surface area contributed by atoms with E-state index in [9.17, 15) is 14.9 Å². The first-order valence-electron chi connectivity index (χ1n) is 12.4. The largest absolute Gasteiger partial charge is 0.444 e. The molecule has 0 saturated heterocycles. The number of hydrogen-bond donors (Lipinski definition) is 2. The molecule has 0 unspecified atom stereocenters. The number of anilines is 1. The number of pyridine rings is 1. The van der Waals surface area contributed by atoms with Crippen LogP contribution in [0.4, 0.5) is 10.6 Å². The number of ether oxygens (including phenoxy) is 1. The van der Waals surface area contributed by atoms with Crippen LogP contribution in [0.2, 0.25) is 5.02 Å². The molecule has 2 atom stereocenters. The molecular formula is C27H34ClN5O3. The molecule has 4 rings (SSSR count). The van der Waals surface area contributed by atoms with Crippen molar-refractivity contribution in [3.63, 3.8) is 0 Å². The summed E-state index contributed by atoms with van der Waals surface area (Å²) in [6, 6.07) is 5.83. The molecule has 3 heterocycles. The van der Waals surface area contributed by atoms with E-state index in [0.29, 0.717) is 22.8 Å². The van der Waals surface area contributed by atoms with Crippen molar-refractivity contribution < 1.29 is 14.3 Å². The van der Waals surface area contributed by atoms with Gasteiger partial charge in [0, 0.05) is 36.0 Å². The number of halogens is 1. The highest BCUT2D eigenvalue weighted by molar-refractivity contribution is 6.33. The lowest BCUT2D eigenvalue weighted by atomic mass is 9.85. The van der Waals surface area contributed by atoms with E-state index in [1.165, 1.54) is 6.20 Å². The van der Waals surface area contributed by atoms with E-state index in [-0.39, 0.29) is 23.3 Å². The quantitative estimate of drug-likeness (QED) is 0.548. The first-order valence-corrected chi connectivity index (χ1v) is 12.8. The lowest BCUT2D eigenvalue weighted by molar-refractivity contribution is -0.121. The van der Waals surface area contributed by atoms with E-state index in [2.05, 4.69) is 40.1 Å². The Bertz CT molecular complexity index is 1220. The molecule has 8 nitrogen and oxygen atoms in total. The van der Waals surface area contributed by atoms with E-state index < -0.39 is 11.7 Å². The fraction of sp³-hybridized carbons (Fsp3) is 0.556. The smallest absolute Gasteiger partial charge is 0.407 e. The molecular weight excluding hydrogens is 478 g/mol. The van der Waals surface area contributed by atoms with Gasteiger partial charge < -0.3 is 19.9 Å². The van der Waals surface area contributed by atoms with Crippen molar-refractivity contribution >= 4 is 29.4 Å². The number of alkyl carbamates (subject to hydrolysis) is 1. The van der Waals surface area contributed by atoms with Gasteiger partial charge in [0.2, 0.25) is 5.91 Å². The average molecular weight is 512 g/mol. The van der Waals surface area contributed by atoms with Gasteiger partial charge >= 0.3 is 6.09 Å². The molecule has 0 bridgehead atoms. The third kappa shape index (κ3) is 5.84. The number of nitrogens with zero attached hydrogens (tertiary/aromatic N) is 3. The fourth-order valence-electron chi connectivity index (χ4n) is 5.18. The molecule has 9 heteroatoms. The standard InChI is InChI=1S/C27H34ClN5O3/c1-26(2,3)36-25(35)31-18-8-6-7-16(9-18)24(34)32-23-11-19(20(28)14-30-23)21-10-17(13-29)22-12-27(4,5)15-33(21)22/h10-11,14,16,18H,6-9,12,15H2,1-5H3,(H,31,35)(H,30,32,34)/t16-,18+/m0/s1. The number of nitrogens with one attached hydrogen (secondary N) is 2. The summed E-state index contributed by atoms with van der Waals surface area (Å²) in [4.78, 5) is 29.6. The highest BCUT2D eigenvalue weighted by Gasteiger charge is 2.34. The molecule has 2 amide bonds. The van der Waals surface area contributed by atoms with E-state index in [1.807, 2.05) is 26.8 Å². The van der Waals surface area contributed by atoms with Crippen LogP contribution >= 0.6 is 11.6 Å². The monoisotopic (exact) mass is 511 g/mol. The van der Waals surface area contributed by atoms with E-state index in [0.717, 1.165) is 49.2 Å². The van der Waals surface area contributed by atoms with E-state index >= 15 is 0 Å². The maximum Gasteiger partial charge on any atom is 0.407 e. The van der Waals surface area contributed by atoms with Gasteiger partial charge in [-0.25, -0.2) is 9.78 Å². The van der Waals surface area contributed by atoms with Crippen LogP contribution in [0, 0.1) is 22.7 Å². The lowest BCUT2D eigenvalue weighted by Gasteiger charge is -2.30. The number of rotatable bonds is 4. The van der Waals surface area contributed by atoms with Crippen LogP contribution in [0.5, 0.6) is 0 Å². The number of hydrogen-bond acceptors (Lipinski definition) is 5. The number of fused-ring (bicyclic) bond motifs is 1. The second kappa shape index (κ2) is 9.78. The van der Waals surface area contributed by atoms with Crippen molar-refractivity contribution in [3.8, 4) is 17.3 Å². The Morgan fingerprint density at radius 2 is 2.03 bits per heavy atom. The predicted octanol–water partition coefficient (Wildman–Crippen LogP) is 5.68. The zero-order valence-corrected chi connectivity index (χ0v) is 22.3. The minimum absolute atomic E-state index is 0.0539. The molecule has 192 valence electrons. The van der Waals surface area contributed by atoms with Gasteiger partial charge in [-0.2, -0.15) is 5.26 Å². The Hall–Kier alpha value is -3.05. The third-order valence-electron chi connectivity index (χ3n) is 6.71. The normalized spacial score (nSPS) is 20.8. The molecule has 1 aliphatic heterocycles. The molecule has 2 aliphatic rings. The summed E-state index contributed by atoms with van der Waals surface area (Å²) in [6.45, 7) is 10.6. The first-order chi connectivity index (χ1) is 16.8. The molecule has 1 fully saturated rings. The highest BCUT2D eigenvalue weighted by atomic mass is 35.5. The summed E-state index contributed by atoms with van der Waals surface area (Å²) in [6.07, 6.45) is 4.82. The van der Waals surface area contributed by atoms with Gasteiger partial charge in [0.15, 0.2) is 0 Å². The topological polar surface area (TPSA) is 109 Å². The van der Waals surface area contributed by atoms with Crippen LogP contribution in [0.25, 0.3) is 11.3 Å². The van der Waals surface area contributed by atoms with Gasteiger partial charge in [-0.05, 0) is 64.0 Å². The van der Waals surface area contributed by atoms with Crippen molar-refractivity contribution in [2.24, 2.45) is 11.3 Å². The highest BCUT2D eigenvalue weighted by Crippen LogP contribution is 2.41. The summed E-state index contributed by atoms with van der Waals surface area (Å²) in [5.74, 6) is 0.0294. The molecule has 1 saturated carbocycles. The van der Waals surface area contributed by atoms with Crippen molar-refractivity contribution in [3.05, 3.63) is 34.6 Å². The molecule has 36 heavy (non-hydrogen) atoms. The van der Waals surface area contributed by atoms with Crippen LogP contribution in [0.3, 0.4) is 0 Å². The fourth-order valence-corrected chi connectivity index (χ4v) is 5.38. The van der Waals surface area contributed by atoms with Crippen molar-refractivity contribution in [2.75, 3.05) is 5.32 Å². The van der Waals surface area contributed by atoms with Crippen LogP contribution < -0.4 is 10.6 Å². The summed E-state index contributed by atoms with van der Waals surface area (Å²) >= 11 is 6.53. The Kier molecular flexibility index (Phi) is 7.07.